The van der Waals surface area contributed by atoms with Crippen molar-refractivity contribution < 1.29 is 14.1 Å². The first-order valence-corrected chi connectivity index (χ1v) is 6.64. The second kappa shape index (κ2) is 7.29. The Morgan fingerprint density at radius 3 is 2.94 bits per heavy atom. The van der Waals surface area contributed by atoms with Crippen LogP contribution in [0.5, 0.6) is 0 Å². The molecule has 6 nitrogen and oxygen atoms in total. The van der Waals surface area contributed by atoms with Crippen LogP contribution in [-0.2, 0) is 21.7 Å². The standard InChI is InChI=1S/C10H17N3O3S/c1-3-9-12-8(13-16-9)6-17-5-7(11)10(14)15-4-2/h7H,3-6,11H2,1-2H3. The first kappa shape index (κ1) is 14.0. The van der Waals surface area contributed by atoms with Gasteiger partial charge in [0, 0.05) is 12.2 Å². The maximum Gasteiger partial charge on any atom is 0.323 e. The molecule has 0 bridgehead atoms. The molecule has 96 valence electrons. The maximum absolute atomic E-state index is 11.2. The lowest BCUT2D eigenvalue weighted by atomic mass is 10.4. The number of ether oxygens (including phenoxy) is 1. The average molecular weight is 259 g/mol. The van der Waals surface area contributed by atoms with Gasteiger partial charge in [0.15, 0.2) is 5.82 Å². The molecule has 0 aliphatic carbocycles. The summed E-state index contributed by atoms with van der Waals surface area (Å²) < 4.78 is 9.76. The summed E-state index contributed by atoms with van der Waals surface area (Å²) in [6.45, 7) is 4.05. The van der Waals surface area contributed by atoms with Gasteiger partial charge >= 0.3 is 5.97 Å². The van der Waals surface area contributed by atoms with Gasteiger partial charge in [-0.15, -0.1) is 0 Å². The molecule has 1 unspecified atom stereocenters. The number of aromatic nitrogens is 2. The molecule has 0 saturated carbocycles. The second-order valence-corrected chi connectivity index (χ2v) is 4.36. The third kappa shape index (κ3) is 4.74. The molecule has 1 atom stereocenters. The predicted octanol–water partition coefficient (Wildman–Crippen LogP) is 0.756. The summed E-state index contributed by atoms with van der Waals surface area (Å²) in [7, 11) is 0. The van der Waals surface area contributed by atoms with Gasteiger partial charge in [0.1, 0.15) is 6.04 Å². The van der Waals surface area contributed by atoms with Gasteiger partial charge in [0.25, 0.3) is 0 Å². The van der Waals surface area contributed by atoms with Crippen LogP contribution in [0.3, 0.4) is 0 Å². The minimum absolute atomic E-state index is 0.349. The van der Waals surface area contributed by atoms with Crippen molar-refractivity contribution >= 4 is 17.7 Å². The number of nitrogens with two attached hydrogens (primary N) is 1. The zero-order valence-corrected chi connectivity index (χ0v) is 10.8. The summed E-state index contributed by atoms with van der Waals surface area (Å²) in [5.41, 5.74) is 5.64. The molecular formula is C10H17N3O3S. The number of esters is 1. The topological polar surface area (TPSA) is 91.2 Å². The first-order valence-electron chi connectivity index (χ1n) is 5.48. The molecule has 1 aromatic heterocycles. The van der Waals surface area contributed by atoms with Crippen LogP contribution in [-0.4, -0.2) is 34.5 Å². The maximum atomic E-state index is 11.2. The summed E-state index contributed by atoms with van der Waals surface area (Å²) >= 11 is 1.48. The Morgan fingerprint density at radius 1 is 1.59 bits per heavy atom. The van der Waals surface area contributed by atoms with Crippen LogP contribution in [0.2, 0.25) is 0 Å². The first-order chi connectivity index (χ1) is 8.17. The molecule has 1 rings (SSSR count). The van der Waals surface area contributed by atoms with Gasteiger partial charge in [-0.3, -0.25) is 4.79 Å². The third-order valence-corrected chi connectivity index (χ3v) is 2.99. The molecule has 0 saturated heterocycles. The lowest BCUT2D eigenvalue weighted by molar-refractivity contribution is -0.144. The van der Waals surface area contributed by atoms with Gasteiger partial charge in [-0.25, -0.2) is 0 Å². The smallest absolute Gasteiger partial charge is 0.323 e. The Bertz CT molecular complexity index is 356. The van der Waals surface area contributed by atoms with Crippen molar-refractivity contribution in [1.29, 1.82) is 0 Å². The highest BCUT2D eigenvalue weighted by atomic mass is 32.2. The largest absolute Gasteiger partial charge is 0.465 e. The Balaban J connectivity index is 2.25. The lowest BCUT2D eigenvalue weighted by Gasteiger charge is -2.08. The van der Waals surface area contributed by atoms with Crippen LogP contribution in [0.15, 0.2) is 4.52 Å². The normalized spacial score (nSPS) is 12.4. The highest BCUT2D eigenvalue weighted by molar-refractivity contribution is 7.98. The number of aryl methyl sites for hydroxylation is 1. The monoisotopic (exact) mass is 259 g/mol. The molecule has 0 spiro atoms. The quantitative estimate of drug-likeness (QED) is 0.722. The summed E-state index contributed by atoms with van der Waals surface area (Å²) in [4.78, 5) is 15.4. The fourth-order valence-electron chi connectivity index (χ4n) is 1.09. The average Bonchev–Trinajstić information content (AvgIpc) is 2.77. The van der Waals surface area contributed by atoms with Crippen LogP contribution < -0.4 is 5.73 Å². The van der Waals surface area contributed by atoms with E-state index in [1.54, 1.807) is 6.92 Å². The molecule has 17 heavy (non-hydrogen) atoms. The number of carbonyl (C=O) groups is 1. The molecule has 0 fully saturated rings. The van der Waals surface area contributed by atoms with E-state index < -0.39 is 6.04 Å². The Kier molecular flexibility index (Phi) is 5.99. The molecule has 1 aromatic rings. The van der Waals surface area contributed by atoms with Gasteiger partial charge in [0.05, 0.1) is 12.4 Å². The van der Waals surface area contributed by atoms with E-state index in [0.717, 1.165) is 6.42 Å². The van der Waals surface area contributed by atoms with E-state index in [4.69, 9.17) is 15.0 Å². The second-order valence-electron chi connectivity index (χ2n) is 3.33. The third-order valence-electron chi connectivity index (χ3n) is 1.93. The van der Waals surface area contributed by atoms with Gasteiger partial charge in [-0.05, 0) is 6.92 Å². The lowest BCUT2D eigenvalue weighted by Crippen LogP contribution is -2.34. The minimum atomic E-state index is -0.600. The number of hydrogen-bond donors (Lipinski definition) is 1. The highest BCUT2D eigenvalue weighted by Gasteiger charge is 2.14. The van der Waals surface area contributed by atoms with Crippen molar-refractivity contribution in [2.45, 2.75) is 32.1 Å². The van der Waals surface area contributed by atoms with Crippen molar-refractivity contribution in [3.8, 4) is 0 Å². The Labute approximate surface area is 104 Å². The number of thioether (sulfide) groups is 1. The van der Waals surface area contributed by atoms with Gasteiger partial charge in [0.2, 0.25) is 5.89 Å². The fourth-order valence-corrected chi connectivity index (χ4v) is 1.89. The number of rotatable bonds is 7. The van der Waals surface area contributed by atoms with E-state index in [2.05, 4.69) is 10.1 Å². The molecule has 0 aromatic carbocycles. The zero-order chi connectivity index (χ0) is 12.7. The van der Waals surface area contributed by atoms with Crippen LogP contribution in [0.4, 0.5) is 0 Å². The number of hydrogen-bond acceptors (Lipinski definition) is 7. The highest BCUT2D eigenvalue weighted by Crippen LogP contribution is 2.10. The van der Waals surface area contributed by atoms with Crippen molar-refractivity contribution in [3.63, 3.8) is 0 Å². The summed E-state index contributed by atoms with van der Waals surface area (Å²) in [6.07, 6.45) is 0.722. The molecule has 0 aliphatic heterocycles. The predicted molar refractivity (Wildman–Crippen MR) is 64.4 cm³/mol. The molecule has 0 amide bonds. The molecule has 0 aliphatic rings. The van der Waals surface area contributed by atoms with Crippen LogP contribution in [0, 0.1) is 0 Å². The van der Waals surface area contributed by atoms with E-state index in [9.17, 15) is 4.79 Å². The Hall–Kier alpha value is -1.08. The Morgan fingerprint density at radius 2 is 2.35 bits per heavy atom. The van der Waals surface area contributed by atoms with Crippen molar-refractivity contribution in [2.24, 2.45) is 5.73 Å². The molecule has 2 N–H and O–H groups in total. The number of carbonyl (C=O) groups excluding carboxylic acids is 1. The molecule has 1 heterocycles. The fraction of sp³-hybridized carbons (Fsp3) is 0.700. The van der Waals surface area contributed by atoms with Crippen LogP contribution in [0.25, 0.3) is 0 Å². The molecular weight excluding hydrogens is 242 g/mol. The molecule has 0 radical (unpaired) electrons. The van der Waals surface area contributed by atoms with Gasteiger partial charge in [-0.2, -0.15) is 16.7 Å². The van der Waals surface area contributed by atoms with Crippen molar-refractivity contribution in [3.05, 3.63) is 11.7 Å². The number of nitrogens with zero attached hydrogens (tertiary/aromatic N) is 2. The van der Waals surface area contributed by atoms with Gasteiger partial charge < -0.3 is 15.0 Å². The zero-order valence-electron chi connectivity index (χ0n) is 10.0. The summed E-state index contributed by atoms with van der Waals surface area (Å²) in [5, 5.41) is 3.80. The van der Waals surface area contributed by atoms with E-state index >= 15 is 0 Å². The minimum Gasteiger partial charge on any atom is -0.465 e. The summed E-state index contributed by atoms with van der Waals surface area (Å²) in [5.74, 6) is 1.94. The van der Waals surface area contributed by atoms with E-state index in [0.29, 0.717) is 29.8 Å². The van der Waals surface area contributed by atoms with Crippen LogP contribution >= 0.6 is 11.8 Å². The van der Waals surface area contributed by atoms with E-state index in [-0.39, 0.29) is 5.97 Å². The van der Waals surface area contributed by atoms with Crippen molar-refractivity contribution in [1.82, 2.24) is 10.1 Å². The van der Waals surface area contributed by atoms with Crippen LogP contribution in [0.1, 0.15) is 25.6 Å². The van der Waals surface area contributed by atoms with E-state index in [1.165, 1.54) is 11.8 Å². The molecule has 7 heteroatoms. The SMILES string of the molecule is CCOC(=O)C(N)CSCc1noc(CC)n1. The van der Waals surface area contributed by atoms with Crippen molar-refractivity contribution in [2.75, 3.05) is 12.4 Å². The van der Waals surface area contributed by atoms with E-state index in [1.807, 2.05) is 6.92 Å². The van der Waals surface area contributed by atoms with Gasteiger partial charge in [-0.1, -0.05) is 12.1 Å². The summed E-state index contributed by atoms with van der Waals surface area (Å²) in [6, 6.07) is -0.600.